The predicted octanol–water partition coefficient (Wildman–Crippen LogP) is 1.74. The van der Waals surface area contributed by atoms with E-state index in [4.69, 9.17) is 4.74 Å². The Morgan fingerprint density at radius 3 is 2.31 bits per heavy atom. The molecular weight excluding hydrogens is 374 g/mol. The van der Waals surface area contributed by atoms with Crippen LogP contribution in [-0.4, -0.2) is 42.4 Å². The van der Waals surface area contributed by atoms with Gasteiger partial charge in [0, 0.05) is 12.5 Å². The average molecular weight is 393 g/mol. The number of alkyl halides is 2. The standard InChI is InChI=1S/C16H20F2O7S/c1-2-12(19)25-15-6-10-3-11(7-15)5-14(4-10,8-15)13(20)24-9-16(17,18)26(21,22)23/h2,10-11H,1,3-9H2,(H,21,22,23)/p-1. The summed E-state index contributed by atoms with van der Waals surface area (Å²) in [4.78, 5) is 24.2. The molecule has 0 aromatic heterocycles. The van der Waals surface area contributed by atoms with Crippen LogP contribution in [0, 0.1) is 17.3 Å². The number of carbonyl (C=O) groups excluding carboxylic acids is 2. The van der Waals surface area contributed by atoms with Gasteiger partial charge in [0.1, 0.15) is 5.60 Å². The maximum atomic E-state index is 13.3. The molecule has 146 valence electrons. The van der Waals surface area contributed by atoms with E-state index in [-0.39, 0.29) is 18.3 Å². The molecule has 4 aliphatic rings. The Labute approximate surface area is 149 Å². The lowest BCUT2D eigenvalue weighted by Gasteiger charge is -2.59. The van der Waals surface area contributed by atoms with E-state index in [1.165, 1.54) is 0 Å². The van der Waals surface area contributed by atoms with E-state index in [2.05, 4.69) is 11.3 Å². The highest BCUT2D eigenvalue weighted by Gasteiger charge is 2.63. The smallest absolute Gasteiger partial charge is 0.367 e. The normalized spacial score (nSPS) is 35.8. The molecule has 4 fully saturated rings. The molecule has 0 aromatic rings. The van der Waals surface area contributed by atoms with Gasteiger partial charge < -0.3 is 14.0 Å². The highest BCUT2D eigenvalue weighted by molar-refractivity contribution is 7.86. The first-order chi connectivity index (χ1) is 11.9. The molecule has 0 spiro atoms. The van der Waals surface area contributed by atoms with Crippen molar-refractivity contribution in [1.82, 2.24) is 0 Å². The van der Waals surface area contributed by atoms with Crippen molar-refractivity contribution in [2.75, 3.05) is 6.61 Å². The van der Waals surface area contributed by atoms with Gasteiger partial charge in [0.2, 0.25) is 0 Å². The van der Waals surface area contributed by atoms with Gasteiger partial charge in [-0.25, -0.2) is 13.2 Å². The molecule has 0 aromatic carbocycles. The van der Waals surface area contributed by atoms with E-state index < -0.39 is 44.9 Å². The fourth-order valence-corrected chi connectivity index (χ4v) is 5.37. The third kappa shape index (κ3) is 3.24. The van der Waals surface area contributed by atoms with Crippen molar-refractivity contribution in [3.63, 3.8) is 0 Å². The van der Waals surface area contributed by atoms with E-state index in [0.29, 0.717) is 25.7 Å². The predicted molar refractivity (Wildman–Crippen MR) is 81.7 cm³/mol. The molecule has 2 atom stereocenters. The topological polar surface area (TPSA) is 110 Å². The highest BCUT2D eigenvalue weighted by Crippen LogP contribution is 2.63. The van der Waals surface area contributed by atoms with Gasteiger partial charge in [-0.2, -0.15) is 8.78 Å². The van der Waals surface area contributed by atoms with Crippen LogP contribution < -0.4 is 0 Å². The maximum Gasteiger partial charge on any atom is 0.367 e. The van der Waals surface area contributed by atoms with Gasteiger partial charge in [0.15, 0.2) is 16.7 Å². The number of carbonyl (C=O) groups is 2. The first-order valence-corrected chi connectivity index (χ1v) is 9.67. The van der Waals surface area contributed by atoms with E-state index in [0.717, 1.165) is 12.5 Å². The Kier molecular flexibility index (Phi) is 4.42. The minimum Gasteiger partial charge on any atom is -0.743 e. The van der Waals surface area contributed by atoms with Gasteiger partial charge in [0.05, 0.1) is 5.41 Å². The SMILES string of the molecule is C=CC(=O)OC12CC3CC(C1)CC(C(=O)OCC(F)(F)S(=O)(=O)[O-])(C3)C2. The first kappa shape index (κ1) is 19.2. The second-order valence-corrected chi connectivity index (χ2v) is 9.22. The van der Waals surface area contributed by atoms with Crippen molar-refractivity contribution in [1.29, 1.82) is 0 Å². The van der Waals surface area contributed by atoms with E-state index in [9.17, 15) is 31.3 Å². The molecule has 4 rings (SSSR count). The second-order valence-electron chi connectivity index (χ2n) is 7.72. The van der Waals surface area contributed by atoms with Gasteiger partial charge in [0.25, 0.3) is 0 Å². The third-order valence-corrected chi connectivity index (χ3v) is 6.51. The molecule has 4 aliphatic carbocycles. The van der Waals surface area contributed by atoms with Crippen molar-refractivity contribution in [3.05, 3.63) is 12.7 Å². The van der Waals surface area contributed by atoms with Crippen LogP contribution in [0.4, 0.5) is 8.78 Å². The third-order valence-electron chi connectivity index (χ3n) is 5.66. The average Bonchev–Trinajstić information content (AvgIpc) is 2.49. The van der Waals surface area contributed by atoms with Gasteiger partial charge in [-0.3, -0.25) is 4.79 Å². The molecule has 0 N–H and O–H groups in total. The van der Waals surface area contributed by atoms with Crippen LogP contribution in [0.25, 0.3) is 0 Å². The van der Waals surface area contributed by atoms with E-state index >= 15 is 0 Å². The van der Waals surface area contributed by atoms with Crippen molar-refractivity contribution in [2.45, 2.75) is 49.4 Å². The molecule has 10 heteroatoms. The molecule has 7 nitrogen and oxygen atoms in total. The van der Waals surface area contributed by atoms with Crippen molar-refractivity contribution in [2.24, 2.45) is 17.3 Å². The molecule has 0 saturated heterocycles. The zero-order chi connectivity index (χ0) is 19.4. The maximum absolute atomic E-state index is 13.3. The molecule has 0 aliphatic heterocycles. The summed E-state index contributed by atoms with van der Waals surface area (Å²) in [6.45, 7) is 1.54. The fraction of sp³-hybridized carbons (Fsp3) is 0.750. The second kappa shape index (κ2) is 5.98. The Balaban J connectivity index is 1.78. The van der Waals surface area contributed by atoms with Crippen LogP contribution in [0.15, 0.2) is 12.7 Å². The van der Waals surface area contributed by atoms with Crippen LogP contribution in [0.2, 0.25) is 0 Å². The molecular formula is C16H19F2O7S-. The van der Waals surface area contributed by atoms with Crippen LogP contribution in [0.1, 0.15) is 38.5 Å². The van der Waals surface area contributed by atoms with Crippen molar-refractivity contribution >= 4 is 22.1 Å². The van der Waals surface area contributed by atoms with Crippen LogP contribution >= 0.6 is 0 Å². The monoisotopic (exact) mass is 393 g/mol. The Bertz CT molecular complexity index is 732. The summed E-state index contributed by atoms with van der Waals surface area (Å²) in [5.41, 5.74) is -1.96. The molecule has 4 bridgehead atoms. The van der Waals surface area contributed by atoms with E-state index in [1.807, 2.05) is 0 Å². The molecule has 0 amide bonds. The first-order valence-electron chi connectivity index (χ1n) is 8.26. The van der Waals surface area contributed by atoms with Crippen LogP contribution in [0.3, 0.4) is 0 Å². The zero-order valence-electron chi connectivity index (χ0n) is 13.9. The summed E-state index contributed by atoms with van der Waals surface area (Å²) in [5.74, 6) is -1.40. The summed E-state index contributed by atoms with van der Waals surface area (Å²) in [7, 11) is -5.93. The highest BCUT2D eigenvalue weighted by atomic mass is 32.2. The molecule has 2 unspecified atom stereocenters. The van der Waals surface area contributed by atoms with Gasteiger partial charge in [-0.05, 0) is 43.9 Å². The van der Waals surface area contributed by atoms with Crippen LogP contribution in [0.5, 0.6) is 0 Å². The molecule has 26 heavy (non-hydrogen) atoms. The minimum atomic E-state index is -5.93. The lowest BCUT2D eigenvalue weighted by atomic mass is 9.48. The summed E-state index contributed by atoms with van der Waals surface area (Å²) in [5, 5.41) is -4.68. The lowest BCUT2D eigenvalue weighted by molar-refractivity contribution is -0.211. The summed E-state index contributed by atoms with van der Waals surface area (Å²) < 4.78 is 68.3. The number of ether oxygens (including phenoxy) is 2. The van der Waals surface area contributed by atoms with Gasteiger partial charge >= 0.3 is 17.2 Å². The minimum absolute atomic E-state index is 0.0881. The number of esters is 2. The largest absolute Gasteiger partial charge is 0.743 e. The van der Waals surface area contributed by atoms with Crippen LogP contribution in [-0.2, 0) is 29.2 Å². The van der Waals surface area contributed by atoms with Gasteiger partial charge in [-0.1, -0.05) is 6.58 Å². The van der Waals surface area contributed by atoms with Gasteiger partial charge in [-0.15, -0.1) is 0 Å². The molecule has 0 radical (unpaired) electrons. The summed E-state index contributed by atoms with van der Waals surface area (Å²) in [6.07, 6.45) is 4.02. The van der Waals surface area contributed by atoms with Crippen molar-refractivity contribution < 1.29 is 40.8 Å². The Hall–Kier alpha value is -1.55. The number of halogens is 2. The molecule has 4 saturated carbocycles. The molecule has 0 heterocycles. The van der Waals surface area contributed by atoms with Crippen molar-refractivity contribution in [3.8, 4) is 0 Å². The summed E-state index contributed by atoms with van der Waals surface area (Å²) in [6, 6.07) is 0. The number of hydrogen-bond acceptors (Lipinski definition) is 7. The quantitative estimate of drug-likeness (QED) is 0.384. The lowest BCUT2D eigenvalue weighted by Crippen LogP contribution is -2.60. The van der Waals surface area contributed by atoms with E-state index in [1.54, 1.807) is 0 Å². The fourth-order valence-electron chi connectivity index (χ4n) is 5.17. The Morgan fingerprint density at radius 1 is 1.23 bits per heavy atom. The Morgan fingerprint density at radius 2 is 1.81 bits per heavy atom. The number of hydrogen-bond donors (Lipinski definition) is 0. The summed E-state index contributed by atoms with van der Waals surface area (Å²) >= 11 is 0. The number of rotatable bonds is 6. The zero-order valence-corrected chi connectivity index (χ0v) is 14.7.